The number of rotatable bonds is 3. The summed E-state index contributed by atoms with van der Waals surface area (Å²) in [6.07, 6.45) is 7.42. The van der Waals surface area contributed by atoms with Crippen LogP contribution in [0.2, 0.25) is 0 Å². The van der Waals surface area contributed by atoms with Crippen LogP contribution in [0.5, 0.6) is 0 Å². The summed E-state index contributed by atoms with van der Waals surface area (Å²) < 4.78 is 0. The van der Waals surface area contributed by atoms with Gasteiger partial charge in [-0.15, -0.1) is 12.3 Å². The number of carbonyl (C=O) groups excluding carboxylic acids is 1. The third-order valence-corrected chi connectivity index (χ3v) is 0.976. The molecule has 0 aromatic carbocycles. The molecule has 0 saturated carbocycles. The zero-order chi connectivity index (χ0) is 6.41. The Balaban J connectivity index is 3.13. The molecule has 0 radical (unpaired) electrons. The van der Waals surface area contributed by atoms with E-state index in [1.807, 2.05) is 6.92 Å². The maximum Gasteiger partial charge on any atom is 0.122 e. The van der Waals surface area contributed by atoms with Crippen LogP contribution in [0.25, 0.3) is 0 Å². The van der Waals surface area contributed by atoms with Crippen LogP contribution in [0, 0.1) is 18.3 Å². The lowest BCUT2D eigenvalue weighted by atomic mass is 10.1. The van der Waals surface area contributed by atoms with Crippen molar-refractivity contribution in [3.8, 4) is 12.3 Å². The highest BCUT2D eigenvalue weighted by molar-refractivity contribution is 5.52. The summed E-state index contributed by atoms with van der Waals surface area (Å²) in [7, 11) is 0. The van der Waals surface area contributed by atoms with Gasteiger partial charge in [-0.05, 0) is 6.42 Å². The SMILES string of the molecule is C#CCCC(C)C=O. The molecule has 44 valence electrons. The second kappa shape index (κ2) is 4.39. The van der Waals surface area contributed by atoms with Gasteiger partial charge in [-0.1, -0.05) is 6.92 Å². The van der Waals surface area contributed by atoms with E-state index in [0.717, 1.165) is 12.7 Å². The van der Waals surface area contributed by atoms with Gasteiger partial charge in [0, 0.05) is 12.3 Å². The number of terminal acetylenes is 1. The predicted molar refractivity (Wildman–Crippen MR) is 33.3 cm³/mol. The first-order chi connectivity index (χ1) is 3.81. The average molecular weight is 110 g/mol. The molecule has 0 aromatic heterocycles. The van der Waals surface area contributed by atoms with Crippen molar-refractivity contribution in [1.29, 1.82) is 0 Å². The van der Waals surface area contributed by atoms with Crippen molar-refractivity contribution in [2.45, 2.75) is 19.8 Å². The molecule has 1 atom stereocenters. The highest BCUT2D eigenvalue weighted by Gasteiger charge is 1.94. The molecule has 0 N–H and O–H groups in total. The Morgan fingerprint density at radius 3 is 2.88 bits per heavy atom. The van der Waals surface area contributed by atoms with E-state index in [-0.39, 0.29) is 5.92 Å². The van der Waals surface area contributed by atoms with Crippen molar-refractivity contribution in [2.24, 2.45) is 5.92 Å². The van der Waals surface area contributed by atoms with Gasteiger partial charge in [-0.25, -0.2) is 0 Å². The van der Waals surface area contributed by atoms with Gasteiger partial charge >= 0.3 is 0 Å². The monoisotopic (exact) mass is 110 g/mol. The smallest absolute Gasteiger partial charge is 0.122 e. The Morgan fingerprint density at radius 2 is 2.50 bits per heavy atom. The number of hydrogen-bond acceptors (Lipinski definition) is 1. The summed E-state index contributed by atoms with van der Waals surface area (Å²) >= 11 is 0. The van der Waals surface area contributed by atoms with Gasteiger partial charge in [0.2, 0.25) is 0 Å². The first-order valence-electron chi connectivity index (χ1n) is 2.70. The van der Waals surface area contributed by atoms with Gasteiger partial charge in [-0.3, -0.25) is 0 Å². The topological polar surface area (TPSA) is 17.1 Å². The van der Waals surface area contributed by atoms with E-state index in [9.17, 15) is 4.79 Å². The number of hydrogen-bond donors (Lipinski definition) is 0. The zero-order valence-electron chi connectivity index (χ0n) is 5.05. The molecule has 8 heavy (non-hydrogen) atoms. The maximum atomic E-state index is 9.94. The van der Waals surface area contributed by atoms with E-state index in [4.69, 9.17) is 6.42 Å². The lowest BCUT2D eigenvalue weighted by Crippen LogP contribution is -1.93. The summed E-state index contributed by atoms with van der Waals surface area (Å²) in [6.45, 7) is 1.87. The minimum Gasteiger partial charge on any atom is -0.303 e. The Bertz CT molecular complexity index is 99.4. The molecular weight excluding hydrogens is 100 g/mol. The van der Waals surface area contributed by atoms with Gasteiger partial charge in [0.1, 0.15) is 6.29 Å². The van der Waals surface area contributed by atoms with Gasteiger partial charge < -0.3 is 4.79 Å². The molecule has 0 bridgehead atoms. The molecule has 1 nitrogen and oxygen atoms in total. The molecule has 0 aromatic rings. The first-order valence-corrected chi connectivity index (χ1v) is 2.70. The third-order valence-electron chi connectivity index (χ3n) is 0.976. The molecule has 0 aliphatic carbocycles. The minimum atomic E-state index is 0.131. The number of carbonyl (C=O) groups is 1. The molecule has 0 spiro atoms. The fourth-order valence-corrected chi connectivity index (χ4v) is 0.379. The van der Waals surface area contributed by atoms with Crippen molar-refractivity contribution >= 4 is 6.29 Å². The van der Waals surface area contributed by atoms with E-state index in [2.05, 4.69) is 5.92 Å². The predicted octanol–water partition coefficient (Wildman–Crippen LogP) is 1.23. The second-order valence-corrected chi connectivity index (χ2v) is 1.86. The largest absolute Gasteiger partial charge is 0.303 e. The molecule has 0 fully saturated rings. The molecule has 0 saturated heterocycles. The Labute approximate surface area is 50.1 Å². The van der Waals surface area contributed by atoms with Crippen molar-refractivity contribution in [3.63, 3.8) is 0 Å². The molecule has 0 aliphatic rings. The van der Waals surface area contributed by atoms with Gasteiger partial charge in [0.05, 0.1) is 0 Å². The van der Waals surface area contributed by atoms with Gasteiger partial charge in [0.25, 0.3) is 0 Å². The number of aldehydes is 1. The fraction of sp³-hybridized carbons (Fsp3) is 0.571. The molecule has 1 heteroatoms. The highest BCUT2D eigenvalue weighted by Crippen LogP contribution is 1.98. The van der Waals surface area contributed by atoms with Crippen LogP contribution in [0.3, 0.4) is 0 Å². The molecule has 0 amide bonds. The quantitative estimate of drug-likeness (QED) is 0.394. The fourth-order valence-electron chi connectivity index (χ4n) is 0.379. The van der Waals surface area contributed by atoms with Crippen LogP contribution in [-0.4, -0.2) is 6.29 Å². The van der Waals surface area contributed by atoms with Crippen LogP contribution in [0.15, 0.2) is 0 Å². The van der Waals surface area contributed by atoms with Crippen molar-refractivity contribution < 1.29 is 4.79 Å². The first kappa shape index (κ1) is 7.23. The molecule has 1 unspecified atom stereocenters. The Morgan fingerprint density at radius 1 is 1.88 bits per heavy atom. The van der Waals surface area contributed by atoms with Crippen LogP contribution in [-0.2, 0) is 4.79 Å². The molecule has 0 heterocycles. The van der Waals surface area contributed by atoms with Gasteiger partial charge in [0.15, 0.2) is 0 Å². The summed E-state index contributed by atoms with van der Waals surface area (Å²) in [6, 6.07) is 0. The normalized spacial score (nSPS) is 12.0. The van der Waals surface area contributed by atoms with E-state index >= 15 is 0 Å². The average Bonchev–Trinajstić information content (AvgIpc) is 1.83. The van der Waals surface area contributed by atoms with E-state index < -0.39 is 0 Å². The van der Waals surface area contributed by atoms with Crippen LogP contribution < -0.4 is 0 Å². The third kappa shape index (κ3) is 3.42. The van der Waals surface area contributed by atoms with Crippen LogP contribution in [0.4, 0.5) is 0 Å². The van der Waals surface area contributed by atoms with E-state index in [1.165, 1.54) is 0 Å². The van der Waals surface area contributed by atoms with Crippen LogP contribution >= 0.6 is 0 Å². The minimum absolute atomic E-state index is 0.131. The zero-order valence-corrected chi connectivity index (χ0v) is 5.05. The molecule has 0 rings (SSSR count). The molecular formula is C7H10O. The maximum absolute atomic E-state index is 9.94. The second-order valence-electron chi connectivity index (χ2n) is 1.86. The standard InChI is InChI=1S/C7H10O/c1-3-4-5-7(2)6-8/h1,6-7H,4-5H2,2H3. The summed E-state index contributed by atoms with van der Waals surface area (Å²) in [5.74, 6) is 2.60. The lowest BCUT2D eigenvalue weighted by Gasteiger charge is -1.94. The Hall–Kier alpha value is -0.770. The van der Waals surface area contributed by atoms with Gasteiger partial charge in [-0.2, -0.15) is 0 Å². The summed E-state index contributed by atoms with van der Waals surface area (Å²) in [4.78, 5) is 9.94. The summed E-state index contributed by atoms with van der Waals surface area (Å²) in [5, 5.41) is 0. The van der Waals surface area contributed by atoms with Crippen LogP contribution in [0.1, 0.15) is 19.8 Å². The molecule has 0 aliphatic heterocycles. The van der Waals surface area contributed by atoms with Crippen molar-refractivity contribution in [2.75, 3.05) is 0 Å². The summed E-state index contributed by atoms with van der Waals surface area (Å²) in [5.41, 5.74) is 0. The highest BCUT2D eigenvalue weighted by atomic mass is 16.1. The van der Waals surface area contributed by atoms with E-state index in [0.29, 0.717) is 6.42 Å². The lowest BCUT2D eigenvalue weighted by molar-refractivity contribution is -0.110. The Kier molecular flexibility index (Phi) is 3.97. The van der Waals surface area contributed by atoms with Crippen molar-refractivity contribution in [3.05, 3.63) is 0 Å². The van der Waals surface area contributed by atoms with Crippen molar-refractivity contribution in [1.82, 2.24) is 0 Å². The van der Waals surface area contributed by atoms with E-state index in [1.54, 1.807) is 0 Å².